The molecule has 1 aliphatic carbocycles. The Morgan fingerprint density at radius 3 is 2.40 bits per heavy atom. The van der Waals surface area contributed by atoms with Crippen LogP contribution in [0.1, 0.15) is 69.7 Å². The number of esters is 2. The highest BCUT2D eigenvalue weighted by Crippen LogP contribution is 2.32. The van der Waals surface area contributed by atoms with Gasteiger partial charge in [0.15, 0.2) is 0 Å². The van der Waals surface area contributed by atoms with Crippen LogP contribution < -0.4 is 10.1 Å². The number of ether oxygens (including phenoxy) is 3. The minimum Gasteiger partial charge on any atom is -0.488 e. The molecule has 3 rings (SSSR count). The van der Waals surface area contributed by atoms with Crippen molar-refractivity contribution in [2.24, 2.45) is 11.8 Å². The summed E-state index contributed by atoms with van der Waals surface area (Å²) in [5.41, 5.74) is 3.96. The first-order chi connectivity index (χ1) is 18.6. The highest BCUT2D eigenvalue weighted by molar-refractivity contribution is 5.85. The summed E-state index contributed by atoms with van der Waals surface area (Å²) < 4.78 is 16.8. The molecule has 1 unspecified atom stereocenters. The van der Waals surface area contributed by atoms with Gasteiger partial charge in [-0.1, -0.05) is 44.2 Å². The summed E-state index contributed by atoms with van der Waals surface area (Å²) in [6.45, 7) is 10.6. The molecule has 7 nitrogen and oxygen atoms in total. The molecule has 0 saturated carbocycles. The summed E-state index contributed by atoms with van der Waals surface area (Å²) in [5, 5.41) is 13.2. The Kier molecular flexibility index (Phi) is 13.0. The Balaban J connectivity index is 0.00000560. The maximum Gasteiger partial charge on any atom is 0.308 e. The van der Waals surface area contributed by atoms with E-state index in [4.69, 9.17) is 14.2 Å². The number of nitrogens with zero attached hydrogens (tertiary/aromatic N) is 1. The third kappa shape index (κ3) is 10.1. The number of halogens is 1. The topological polar surface area (TPSA) is 97.7 Å². The van der Waals surface area contributed by atoms with Crippen LogP contribution >= 0.6 is 12.4 Å². The van der Waals surface area contributed by atoms with Crippen LogP contribution in [0.2, 0.25) is 0 Å². The van der Waals surface area contributed by atoms with E-state index in [1.807, 2.05) is 6.07 Å². The average Bonchev–Trinajstić information content (AvgIpc) is 3.30. The van der Waals surface area contributed by atoms with Crippen molar-refractivity contribution in [2.75, 3.05) is 19.8 Å². The van der Waals surface area contributed by atoms with E-state index in [1.54, 1.807) is 32.9 Å². The fourth-order valence-corrected chi connectivity index (χ4v) is 5.01. The van der Waals surface area contributed by atoms with Crippen molar-refractivity contribution in [2.45, 2.75) is 78.4 Å². The maximum atomic E-state index is 12.5. The van der Waals surface area contributed by atoms with Crippen LogP contribution in [0.5, 0.6) is 5.75 Å². The zero-order chi connectivity index (χ0) is 28.4. The van der Waals surface area contributed by atoms with Crippen molar-refractivity contribution in [3.63, 3.8) is 0 Å². The zero-order valence-electron chi connectivity index (χ0n) is 24.3. The zero-order valence-corrected chi connectivity index (χ0v) is 25.1. The van der Waals surface area contributed by atoms with E-state index in [0.29, 0.717) is 36.8 Å². The highest BCUT2D eigenvalue weighted by atomic mass is 35.5. The largest absolute Gasteiger partial charge is 0.488 e. The smallest absolute Gasteiger partial charge is 0.308 e. The second-order valence-electron chi connectivity index (χ2n) is 11.3. The summed E-state index contributed by atoms with van der Waals surface area (Å²) in [4.78, 5) is 24.2. The monoisotopic (exact) mass is 570 g/mol. The first-order valence-corrected chi connectivity index (χ1v) is 13.9. The molecule has 0 aromatic heterocycles. The third-order valence-corrected chi connectivity index (χ3v) is 7.01. The molecule has 1 N–H and O–H groups in total. The molecule has 0 aliphatic heterocycles. The Bertz CT molecular complexity index is 1150. The molecule has 218 valence electrons. The van der Waals surface area contributed by atoms with Gasteiger partial charge in [-0.15, -0.1) is 12.4 Å². The number of hydrogen-bond donors (Lipinski definition) is 1. The van der Waals surface area contributed by atoms with Crippen LogP contribution in [0, 0.1) is 23.2 Å². The fraction of sp³-hybridized carbons (Fsp3) is 0.531. The lowest BCUT2D eigenvalue weighted by Crippen LogP contribution is -2.47. The number of nitriles is 1. The van der Waals surface area contributed by atoms with E-state index >= 15 is 0 Å². The number of carbonyl (C=O) groups excluding carboxylic acids is 2. The van der Waals surface area contributed by atoms with Crippen molar-refractivity contribution in [3.8, 4) is 11.8 Å². The van der Waals surface area contributed by atoms with E-state index in [9.17, 15) is 14.9 Å². The molecule has 0 heterocycles. The van der Waals surface area contributed by atoms with E-state index in [1.165, 1.54) is 11.1 Å². The Morgan fingerprint density at radius 1 is 1.12 bits per heavy atom. The van der Waals surface area contributed by atoms with Gasteiger partial charge in [0, 0.05) is 18.5 Å². The van der Waals surface area contributed by atoms with Crippen LogP contribution in [0.4, 0.5) is 0 Å². The molecule has 0 fully saturated rings. The van der Waals surface area contributed by atoms with Gasteiger partial charge < -0.3 is 19.5 Å². The molecule has 8 heteroatoms. The predicted octanol–water partition coefficient (Wildman–Crippen LogP) is 5.60. The number of nitrogens with one attached hydrogen (secondary N) is 1. The fourth-order valence-electron chi connectivity index (χ4n) is 5.01. The van der Waals surface area contributed by atoms with Crippen molar-refractivity contribution < 1.29 is 23.8 Å². The number of hydrogen-bond acceptors (Lipinski definition) is 7. The van der Waals surface area contributed by atoms with Gasteiger partial charge in [-0.05, 0) is 81.2 Å². The van der Waals surface area contributed by atoms with Gasteiger partial charge in [-0.3, -0.25) is 9.59 Å². The Morgan fingerprint density at radius 2 is 1.80 bits per heavy atom. The Hall–Kier alpha value is -3.08. The van der Waals surface area contributed by atoms with Gasteiger partial charge in [0.05, 0.1) is 18.1 Å². The molecule has 0 bridgehead atoms. The van der Waals surface area contributed by atoms with E-state index in [0.717, 1.165) is 24.8 Å². The molecule has 2 aromatic carbocycles. The summed E-state index contributed by atoms with van der Waals surface area (Å²) in [6.07, 6.45) is 3.36. The van der Waals surface area contributed by atoms with Gasteiger partial charge in [0.1, 0.15) is 24.5 Å². The standard InChI is InChI=1S/C32H42N2O5.ClH/c1-6-37-30(35)14-12-23-11-13-27(19-33)29(17-23)38-21-28(39-31(36)22(2)3)20-34-32(4,5)18-24-15-25-9-7-8-10-26(25)16-24;/h7-11,13,17,22,24,28,34H,6,12,14-16,18,20-21H2,1-5H3;1H. The highest BCUT2D eigenvalue weighted by Gasteiger charge is 2.29. The van der Waals surface area contributed by atoms with Crippen LogP contribution in [0.3, 0.4) is 0 Å². The lowest BCUT2D eigenvalue weighted by molar-refractivity contribution is -0.154. The maximum absolute atomic E-state index is 12.5. The quantitative estimate of drug-likeness (QED) is 0.295. The molecule has 1 atom stereocenters. The lowest BCUT2D eigenvalue weighted by atomic mass is 9.88. The SMILES string of the molecule is CCOC(=O)CCc1ccc(C#N)c(OCC(CNC(C)(C)CC2Cc3ccccc3C2)OC(=O)C(C)C)c1.Cl. The summed E-state index contributed by atoms with van der Waals surface area (Å²) in [6, 6.07) is 16.1. The van der Waals surface area contributed by atoms with Crippen LogP contribution in [-0.2, 0) is 38.3 Å². The summed E-state index contributed by atoms with van der Waals surface area (Å²) in [7, 11) is 0. The molecule has 0 saturated heterocycles. The second kappa shape index (κ2) is 15.6. The summed E-state index contributed by atoms with van der Waals surface area (Å²) >= 11 is 0. The van der Waals surface area contributed by atoms with Crippen molar-refractivity contribution in [1.29, 1.82) is 5.26 Å². The van der Waals surface area contributed by atoms with Gasteiger partial charge in [-0.25, -0.2) is 0 Å². The normalized spacial score (nSPS) is 13.6. The van der Waals surface area contributed by atoms with Crippen molar-refractivity contribution in [1.82, 2.24) is 5.32 Å². The Labute approximate surface area is 245 Å². The van der Waals surface area contributed by atoms with Crippen molar-refractivity contribution >= 4 is 24.3 Å². The minimum atomic E-state index is -0.533. The minimum absolute atomic E-state index is 0. The molecule has 0 spiro atoms. The number of benzene rings is 2. The van der Waals surface area contributed by atoms with Gasteiger partial charge >= 0.3 is 11.9 Å². The number of carbonyl (C=O) groups is 2. The van der Waals surface area contributed by atoms with Gasteiger partial charge in [-0.2, -0.15) is 5.26 Å². The van der Waals surface area contributed by atoms with E-state index in [2.05, 4.69) is 49.5 Å². The predicted molar refractivity (Wildman–Crippen MR) is 158 cm³/mol. The van der Waals surface area contributed by atoms with E-state index in [-0.39, 0.29) is 48.8 Å². The van der Waals surface area contributed by atoms with Gasteiger partial charge in [0.2, 0.25) is 0 Å². The van der Waals surface area contributed by atoms with Crippen molar-refractivity contribution in [3.05, 3.63) is 64.7 Å². The first-order valence-electron chi connectivity index (χ1n) is 13.9. The second-order valence-corrected chi connectivity index (χ2v) is 11.3. The van der Waals surface area contributed by atoms with Crippen LogP contribution in [0.25, 0.3) is 0 Å². The number of fused-ring (bicyclic) bond motifs is 1. The molecular weight excluding hydrogens is 528 g/mol. The molecule has 40 heavy (non-hydrogen) atoms. The molecule has 0 radical (unpaired) electrons. The molecule has 2 aromatic rings. The number of rotatable bonds is 14. The molecule has 0 amide bonds. The van der Waals surface area contributed by atoms with Crippen LogP contribution in [0.15, 0.2) is 42.5 Å². The first kappa shape index (κ1) is 33.1. The molecule has 1 aliphatic rings. The number of aryl methyl sites for hydroxylation is 1. The van der Waals surface area contributed by atoms with E-state index < -0.39 is 6.10 Å². The van der Waals surface area contributed by atoms with Gasteiger partial charge in [0.25, 0.3) is 0 Å². The summed E-state index contributed by atoms with van der Waals surface area (Å²) in [5.74, 6) is 0.150. The average molecular weight is 571 g/mol. The molecular formula is C32H43ClN2O5. The van der Waals surface area contributed by atoms with Crippen LogP contribution in [-0.4, -0.2) is 43.3 Å². The lowest BCUT2D eigenvalue weighted by Gasteiger charge is -2.31. The third-order valence-electron chi connectivity index (χ3n) is 7.01.